The Morgan fingerprint density at radius 2 is 2.04 bits per heavy atom. The number of ether oxygens (including phenoxy) is 1. The minimum Gasteiger partial charge on any atom is -0.444 e. The van der Waals surface area contributed by atoms with E-state index in [-0.39, 0.29) is 6.09 Å². The van der Waals surface area contributed by atoms with Crippen molar-refractivity contribution in [2.75, 3.05) is 6.54 Å². The number of benzene rings is 1. The number of carbonyl (C=O) groups is 1. The minimum atomic E-state index is -0.474. The van der Waals surface area contributed by atoms with Crippen molar-refractivity contribution in [2.24, 2.45) is 0 Å². The van der Waals surface area contributed by atoms with E-state index < -0.39 is 5.60 Å². The molecule has 1 heterocycles. The molecule has 1 aromatic carbocycles. The average Bonchev–Trinajstić information content (AvgIpc) is 2.81. The van der Waals surface area contributed by atoms with Crippen LogP contribution in [0.15, 0.2) is 24.3 Å². The van der Waals surface area contributed by atoms with E-state index in [0.29, 0.717) is 13.0 Å². The summed E-state index contributed by atoms with van der Waals surface area (Å²) in [5.74, 6) is 1.01. The van der Waals surface area contributed by atoms with E-state index in [4.69, 9.17) is 9.72 Å². The molecule has 0 saturated heterocycles. The highest BCUT2D eigenvalue weighted by atomic mass is 16.6. The molecule has 126 valence electrons. The molecule has 0 unspecified atom stereocenters. The van der Waals surface area contributed by atoms with Crippen LogP contribution in [-0.2, 0) is 17.7 Å². The molecule has 1 N–H and O–H groups in total. The molecular weight excluding hydrogens is 290 g/mol. The van der Waals surface area contributed by atoms with Gasteiger partial charge in [0.25, 0.3) is 0 Å². The van der Waals surface area contributed by atoms with Crippen LogP contribution in [0.4, 0.5) is 4.79 Å². The van der Waals surface area contributed by atoms with Gasteiger partial charge in [-0.15, -0.1) is 0 Å². The van der Waals surface area contributed by atoms with Gasteiger partial charge in [0.2, 0.25) is 0 Å². The van der Waals surface area contributed by atoms with Crippen molar-refractivity contribution in [1.29, 1.82) is 0 Å². The van der Waals surface area contributed by atoms with Gasteiger partial charge in [-0.25, -0.2) is 9.78 Å². The zero-order valence-corrected chi connectivity index (χ0v) is 14.6. The number of hydrogen-bond acceptors (Lipinski definition) is 3. The van der Waals surface area contributed by atoms with Crippen molar-refractivity contribution in [2.45, 2.75) is 59.1 Å². The molecule has 5 nitrogen and oxygen atoms in total. The fraction of sp³-hybridized carbons (Fsp3) is 0.556. The van der Waals surface area contributed by atoms with Gasteiger partial charge in [-0.1, -0.05) is 25.5 Å². The van der Waals surface area contributed by atoms with E-state index in [1.165, 1.54) is 0 Å². The van der Waals surface area contributed by atoms with Crippen molar-refractivity contribution in [3.05, 3.63) is 30.1 Å². The van der Waals surface area contributed by atoms with Crippen molar-refractivity contribution >= 4 is 17.1 Å². The van der Waals surface area contributed by atoms with Gasteiger partial charge in [0.05, 0.1) is 11.0 Å². The first kappa shape index (κ1) is 17.3. The summed E-state index contributed by atoms with van der Waals surface area (Å²) in [5.41, 5.74) is 1.70. The highest BCUT2D eigenvalue weighted by Crippen LogP contribution is 2.17. The Balaban J connectivity index is 2.03. The third-order valence-corrected chi connectivity index (χ3v) is 3.49. The van der Waals surface area contributed by atoms with Crippen LogP contribution in [-0.4, -0.2) is 27.8 Å². The summed E-state index contributed by atoms with van der Waals surface area (Å²) in [7, 11) is 0. The van der Waals surface area contributed by atoms with Gasteiger partial charge in [-0.2, -0.15) is 0 Å². The molecule has 0 fully saturated rings. The first-order valence-corrected chi connectivity index (χ1v) is 8.31. The monoisotopic (exact) mass is 317 g/mol. The molecule has 2 rings (SSSR count). The zero-order valence-electron chi connectivity index (χ0n) is 14.6. The van der Waals surface area contributed by atoms with Crippen molar-refractivity contribution < 1.29 is 9.53 Å². The van der Waals surface area contributed by atoms with Gasteiger partial charge in [0, 0.05) is 19.5 Å². The Kier molecular flexibility index (Phi) is 5.64. The second-order valence-electron chi connectivity index (χ2n) is 6.70. The topological polar surface area (TPSA) is 56.2 Å². The summed E-state index contributed by atoms with van der Waals surface area (Å²) < 4.78 is 7.51. The highest BCUT2D eigenvalue weighted by Gasteiger charge is 2.16. The van der Waals surface area contributed by atoms with Gasteiger partial charge in [-0.05, 0) is 39.3 Å². The number of imidazole rings is 1. The molecule has 0 radical (unpaired) electrons. The van der Waals surface area contributed by atoms with Crippen LogP contribution < -0.4 is 5.32 Å². The van der Waals surface area contributed by atoms with Crippen LogP contribution in [0.3, 0.4) is 0 Å². The molecule has 0 bridgehead atoms. The second-order valence-corrected chi connectivity index (χ2v) is 6.70. The van der Waals surface area contributed by atoms with Crippen molar-refractivity contribution in [3.8, 4) is 0 Å². The Labute approximate surface area is 138 Å². The van der Waals surface area contributed by atoms with Crippen LogP contribution in [0.1, 0.15) is 46.4 Å². The number of rotatable bonds is 6. The van der Waals surface area contributed by atoms with E-state index in [2.05, 4.69) is 22.9 Å². The number of nitrogens with zero attached hydrogens (tertiary/aromatic N) is 2. The lowest BCUT2D eigenvalue weighted by Gasteiger charge is -2.19. The highest BCUT2D eigenvalue weighted by molar-refractivity contribution is 5.76. The van der Waals surface area contributed by atoms with E-state index in [9.17, 15) is 4.79 Å². The van der Waals surface area contributed by atoms with Gasteiger partial charge < -0.3 is 14.6 Å². The molecule has 0 aliphatic heterocycles. The van der Waals surface area contributed by atoms with Crippen molar-refractivity contribution in [1.82, 2.24) is 14.9 Å². The Morgan fingerprint density at radius 3 is 2.74 bits per heavy atom. The number of aromatic nitrogens is 2. The van der Waals surface area contributed by atoms with Crippen molar-refractivity contribution in [3.63, 3.8) is 0 Å². The number of unbranched alkanes of at least 4 members (excludes halogenated alkanes) is 1. The van der Waals surface area contributed by atoms with Crippen LogP contribution in [0.25, 0.3) is 11.0 Å². The Hall–Kier alpha value is -2.04. The summed E-state index contributed by atoms with van der Waals surface area (Å²) in [6, 6.07) is 8.17. The number of para-hydroxylation sites is 2. The summed E-state index contributed by atoms with van der Waals surface area (Å²) in [5, 5.41) is 2.80. The molecule has 0 aliphatic carbocycles. The van der Waals surface area contributed by atoms with Crippen LogP contribution in [0, 0.1) is 0 Å². The van der Waals surface area contributed by atoms with E-state index in [1.807, 2.05) is 39.0 Å². The number of carbonyl (C=O) groups excluding carboxylic acids is 1. The maximum Gasteiger partial charge on any atom is 0.407 e. The third-order valence-electron chi connectivity index (χ3n) is 3.49. The first-order chi connectivity index (χ1) is 10.9. The lowest BCUT2D eigenvalue weighted by atomic mass is 10.2. The summed E-state index contributed by atoms with van der Waals surface area (Å²) in [6.07, 6.45) is 2.57. The fourth-order valence-corrected chi connectivity index (χ4v) is 2.47. The number of fused-ring (bicyclic) bond motifs is 1. The number of nitrogens with one attached hydrogen (secondary N) is 1. The normalized spacial score (nSPS) is 11.7. The van der Waals surface area contributed by atoms with Gasteiger partial charge in [0.15, 0.2) is 0 Å². The number of hydrogen-bond donors (Lipinski definition) is 1. The maximum absolute atomic E-state index is 11.7. The zero-order chi connectivity index (χ0) is 16.9. The molecule has 0 saturated carbocycles. The van der Waals surface area contributed by atoms with Gasteiger partial charge >= 0.3 is 6.09 Å². The first-order valence-electron chi connectivity index (χ1n) is 8.31. The molecule has 23 heavy (non-hydrogen) atoms. The molecule has 1 amide bonds. The summed E-state index contributed by atoms with van der Waals surface area (Å²) in [4.78, 5) is 16.4. The lowest BCUT2D eigenvalue weighted by molar-refractivity contribution is 0.0528. The van der Waals surface area contributed by atoms with E-state index >= 15 is 0 Å². The number of aryl methyl sites for hydroxylation is 1. The van der Waals surface area contributed by atoms with Crippen LogP contribution in [0.2, 0.25) is 0 Å². The maximum atomic E-state index is 11.7. The number of amides is 1. The Morgan fingerprint density at radius 1 is 1.30 bits per heavy atom. The molecule has 0 atom stereocenters. The lowest BCUT2D eigenvalue weighted by Crippen LogP contribution is -2.33. The van der Waals surface area contributed by atoms with E-state index in [0.717, 1.165) is 36.2 Å². The minimum absolute atomic E-state index is 0.381. The van der Waals surface area contributed by atoms with Gasteiger partial charge in [-0.3, -0.25) is 0 Å². The van der Waals surface area contributed by atoms with Crippen LogP contribution in [0.5, 0.6) is 0 Å². The molecule has 5 heteroatoms. The Bertz CT molecular complexity index is 656. The quantitative estimate of drug-likeness (QED) is 0.879. The smallest absolute Gasteiger partial charge is 0.407 e. The molecular formula is C18H27N3O2. The van der Waals surface area contributed by atoms with Gasteiger partial charge in [0.1, 0.15) is 11.4 Å². The molecule has 1 aromatic heterocycles. The van der Waals surface area contributed by atoms with Crippen LogP contribution >= 0.6 is 0 Å². The average molecular weight is 317 g/mol. The summed E-state index contributed by atoms with van der Waals surface area (Å²) in [6.45, 7) is 9.23. The molecule has 0 spiro atoms. The predicted octanol–water partition coefficient (Wildman–Crippen LogP) is 3.90. The second kappa shape index (κ2) is 7.49. The standard InChI is InChI=1S/C18H27N3O2/c1-5-6-13-21-15-10-8-7-9-14(15)20-16(21)11-12-19-17(22)23-18(2,3)4/h7-10H,5-6,11-13H2,1-4H3,(H,19,22). The number of alkyl carbamates (subject to hydrolysis) is 1. The predicted molar refractivity (Wildman–Crippen MR) is 92.6 cm³/mol. The molecule has 0 aliphatic rings. The van der Waals surface area contributed by atoms with E-state index in [1.54, 1.807) is 0 Å². The summed E-state index contributed by atoms with van der Waals surface area (Å²) >= 11 is 0. The SMILES string of the molecule is CCCCn1c(CCNC(=O)OC(C)(C)C)nc2ccccc21. The fourth-order valence-electron chi connectivity index (χ4n) is 2.47. The molecule has 2 aromatic rings. The third kappa shape index (κ3) is 4.98. The largest absolute Gasteiger partial charge is 0.444 e.